The SMILES string of the molecule is C[C@H](OC(=O)Cc1n[nH]c(=O)c2ccccc12)C(=O)Nc1cccc(S(=O)(=O)N(C)C)c1. The van der Waals surface area contributed by atoms with E-state index in [2.05, 4.69) is 15.5 Å². The Labute approximate surface area is 184 Å². The summed E-state index contributed by atoms with van der Waals surface area (Å²) in [6.45, 7) is 1.39. The average molecular weight is 458 g/mol. The molecule has 0 unspecified atom stereocenters. The maximum atomic E-state index is 12.4. The highest BCUT2D eigenvalue weighted by molar-refractivity contribution is 7.89. The molecule has 0 saturated heterocycles. The molecule has 2 N–H and O–H groups in total. The van der Waals surface area contributed by atoms with Crippen LogP contribution in [0.5, 0.6) is 0 Å². The Hall–Kier alpha value is -3.57. The molecule has 2 aromatic carbocycles. The molecule has 0 spiro atoms. The second-order valence-electron chi connectivity index (χ2n) is 7.16. The normalized spacial score (nSPS) is 12.5. The summed E-state index contributed by atoms with van der Waals surface area (Å²) in [6, 6.07) is 12.5. The number of aromatic amines is 1. The largest absolute Gasteiger partial charge is 0.452 e. The van der Waals surface area contributed by atoms with Crippen molar-refractivity contribution >= 4 is 38.4 Å². The molecule has 0 saturated carbocycles. The molecule has 1 amide bonds. The Kier molecular flexibility index (Phi) is 6.70. The topological polar surface area (TPSA) is 139 Å². The van der Waals surface area contributed by atoms with E-state index >= 15 is 0 Å². The van der Waals surface area contributed by atoms with Crippen LogP contribution >= 0.6 is 0 Å². The molecule has 10 nitrogen and oxygen atoms in total. The quantitative estimate of drug-likeness (QED) is 0.509. The predicted octanol–water partition coefficient (Wildman–Crippen LogP) is 1.29. The number of carbonyl (C=O) groups excluding carboxylic acids is 2. The first-order valence-corrected chi connectivity index (χ1v) is 11.0. The molecule has 3 aromatic rings. The number of amides is 1. The number of hydrogen-bond acceptors (Lipinski definition) is 7. The number of hydrogen-bond donors (Lipinski definition) is 2. The summed E-state index contributed by atoms with van der Waals surface area (Å²) in [5.41, 5.74) is 0.192. The number of nitrogens with zero attached hydrogens (tertiary/aromatic N) is 2. The summed E-state index contributed by atoms with van der Waals surface area (Å²) in [7, 11) is -0.855. The first-order valence-electron chi connectivity index (χ1n) is 9.59. The van der Waals surface area contributed by atoms with Gasteiger partial charge in [0.2, 0.25) is 10.0 Å². The molecule has 11 heteroatoms. The van der Waals surface area contributed by atoms with E-state index in [-0.39, 0.29) is 22.6 Å². The van der Waals surface area contributed by atoms with E-state index in [0.29, 0.717) is 16.5 Å². The van der Waals surface area contributed by atoms with Crippen molar-refractivity contribution < 1.29 is 22.7 Å². The summed E-state index contributed by atoms with van der Waals surface area (Å²) in [6.07, 6.45) is -1.39. The number of H-pyrrole nitrogens is 1. The Morgan fingerprint density at radius 3 is 2.50 bits per heavy atom. The van der Waals surface area contributed by atoms with Crippen LogP contribution in [0, 0.1) is 0 Å². The minimum absolute atomic E-state index is 0.0148. The minimum atomic E-state index is -3.67. The highest BCUT2D eigenvalue weighted by atomic mass is 32.2. The number of carbonyl (C=O) groups is 2. The van der Waals surface area contributed by atoms with Gasteiger partial charge in [-0.2, -0.15) is 5.10 Å². The van der Waals surface area contributed by atoms with Crippen molar-refractivity contribution in [2.75, 3.05) is 19.4 Å². The van der Waals surface area contributed by atoms with Gasteiger partial charge in [-0.1, -0.05) is 24.3 Å². The molecule has 1 atom stereocenters. The van der Waals surface area contributed by atoms with Crippen LogP contribution in [0.3, 0.4) is 0 Å². The van der Waals surface area contributed by atoms with Gasteiger partial charge in [0.15, 0.2) is 6.10 Å². The summed E-state index contributed by atoms with van der Waals surface area (Å²) in [4.78, 5) is 36.7. The number of benzene rings is 2. The van der Waals surface area contributed by atoms with E-state index in [1.165, 1.54) is 45.3 Å². The van der Waals surface area contributed by atoms with Crippen molar-refractivity contribution in [2.24, 2.45) is 0 Å². The Balaban J connectivity index is 1.67. The van der Waals surface area contributed by atoms with Crippen LogP contribution in [-0.4, -0.2) is 55.0 Å². The molecule has 1 aromatic heterocycles. The van der Waals surface area contributed by atoms with Crippen LogP contribution in [0.2, 0.25) is 0 Å². The molecule has 0 fully saturated rings. The number of anilines is 1. The second-order valence-corrected chi connectivity index (χ2v) is 9.31. The van der Waals surface area contributed by atoms with Crippen molar-refractivity contribution in [3.8, 4) is 0 Å². The van der Waals surface area contributed by atoms with E-state index in [1.54, 1.807) is 24.3 Å². The van der Waals surface area contributed by atoms with Gasteiger partial charge in [-0.25, -0.2) is 17.8 Å². The molecule has 0 radical (unpaired) electrons. The van der Waals surface area contributed by atoms with Gasteiger partial charge >= 0.3 is 5.97 Å². The third-order valence-corrected chi connectivity index (χ3v) is 6.46. The maximum absolute atomic E-state index is 12.4. The third-order valence-electron chi connectivity index (χ3n) is 4.64. The molecule has 0 bridgehead atoms. The fourth-order valence-electron chi connectivity index (χ4n) is 2.92. The molecular weight excluding hydrogens is 436 g/mol. The van der Waals surface area contributed by atoms with E-state index in [0.717, 1.165) is 4.31 Å². The lowest BCUT2D eigenvalue weighted by Gasteiger charge is -2.15. The number of nitrogens with one attached hydrogen (secondary N) is 2. The average Bonchev–Trinajstić information content (AvgIpc) is 2.76. The van der Waals surface area contributed by atoms with Gasteiger partial charge in [0.1, 0.15) is 0 Å². The lowest BCUT2D eigenvalue weighted by atomic mass is 10.1. The highest BCUT2D eigenvalue weighted by Crippen LogP contribution is 2.18. The number of fused-ring (bicyclic) bond motifs is 1. The van der Waals surface area contributed by atoms with E-state index in [9.17, 15) is 22.8 Å². The van der Waals surface area contributed by atoms with Crippen molar-refractivity contribution in [1.82, 2.24) is 14.5 Å². The van der Waals surface area contributed by atoms with Gasteiger partial charge in [-0.3, -0.25) is 14.4 Å². The predicted molar refractivity (Wildman–Crippen MR) is 118 cm³/mol. The molecule has 32 heavy (non-hydrogen) atoms. The minimum Gasteiger partial charge on any atom is -0.452 e. The first kappa shape index (κ1) is 23.1. The van der Waals surface area contributed by atoms with Crippen molar-refractivity contribution in [3.05, 3.63) is 64.6 Å². The molecule has 0 aliphatic carbocycles. The van der Waals surface area contributed by atoms with Gasteiger partial charge < -0.3 is 10.1 Å². The van der Waals surface area contributed by atoms with Crippen LogP contribution in [0.25, 0.3) is 10.8 Å². The van der Waals surface area contributed by atoms with E-state index in [1.807, 2.05) is 0 Å². The van der Waals surface area contributed by atoms with Crippen LogP contribution in [-0.2, 0) is 30.8 Å². The zero-order chi connectivity index (χ0) is 23.5. The summed E-state index contributed by atoms with van der Waals surface area (Å²) < 4.78 is 30.8. The molecule has 3 rings (SSSR count). The number of sulfonamides is 1. The fourth-order valence-corrected chi connectivity index (χ4v) is 3.87. The van der Waals surface area contributed by atoms with Crippen molar-refractivity contribution in [1.29, 1.82) is 0 Å². The van der Waals surface area contributed by atoms with Crippen LogP contribution < -0.4 is 10.9 Å². The van der Waals surface area contributed by atoms with Crippen LogP contribution in [0.1, 0.15) is 12.6 Å². The Morgan fingerprint density at radius 1 is 1.12 bits per heavy atom. The molecule has 0 aliphatic heterocycles. The summed E-state index contributed by atoms with van der Waals surface area (Å²) >= 11 is 0. The Bertz CT molecular complexity index is 1330. The van der Waals surface area contributed by atoms with Gasteiger partial charge in [0.25, 0.3) is 11.5 Å². The zero-order valence-corrected chi connectivity index (χ0v) is 18.5. The summed E-state index contributed by atoms with van der Waals surface area (Å²) in [5.74, 6) is -1.33. The van der Waals surface area contributed by atoms with Crippen molar-refractivity contribution in [2.45, 2.75) is 24.3 Å². The van der Waals surface area contributed by atoms with Crippen LogP contribution in [0.15, 0.2) is 58.2 Å². The molecular formula is C21H22N4O6S. The monoisotopic (exact) mass is 458 g/mol. The van der Waals surface area contributed by atoms with Gasteiger partial charge in [0.05, 0.1) is 22.4 Å². The molecule has 0 aliphatic rings. The van der Waals surface area contributed by atoms with E-state index < -0.39 is 28.0 Å². The standard InChI is InChI=1S/C21H22N4O6S/c1-13(20(27)22-14-7-6-8-15(11-14)32(29,30)25(2)3)31-19(26)12-18-16-9-4-5-10-17(16)21(28)24-23-18/h4-11,13H,12H2,1-3H3,(H,22,27)(H,24,28)/t13-/m0/s1. The van der Waals surface area contributed by atoms with E-state index in [4.69, 9.17) is 4.74 Å². The smallest absolute Gasteiger partial charge is 0.312 e. The first-order chi connectivity index (χ1) is 15.1. The van der Waals surface area contributed by atoms with Gasteiger partial charge in [-0.05, 0) is 31.2 Å². The summed E-state index contributed by atoms with van der Waals surface area (Å²) in [5, 5.41) is 9.70. The second kappa shape index (κ2) is 9.28. The Morgan fingerprint density at radius 2 is 1.81 bits per heavy atom. The number of rotatable bonds is 7. The fraction of sp³-hybridized carbons (Fsp3) is 0.238. The highest BCUT2D eigenvalue weighted by Gasteiger charge is 2.21. The lowest BCUT2D eigenvalue weighted by molar-refractivity contribution is -0.152. The third kappa shape index (κ3) is 5.01. The number of esters is 1. The van der Waals surface area contributed by atoms with Gasteiger partial charge in [-0.15, -0.1) is 0 Å². The number of ether oxygens (including phenoxy) is 1. The van der Waals surface area contributed by atoms with Gasteiger partial charge in [0, 0.05) is 25.2 Å². The number of aromatic nitrogens is 2. The molecule has 168 valence electrons. The zero-order valence-electron chi connectivity index (χ0n) is 17.7. The lowest BCUT2D eigenvalue weighted by Crippen LogP contribution is -2.31. The van der Waals surface area contributed by atoms with Crippen LogP contribution in [0.4, 0.5) is 5.69 Å². The van der Waals surface area contributed by atoms with Crippen molar-refractivity contribution in [3.63, 3.8) is 0 Å². The maximum Gasteiger partial charge on any atom is 0.312 e. The molecule has 1 heterocycles.